The number of aliphatic hydroxyl groups excluding tert-OH is 1. The third-order valence-corrected chi connectivity index (χ3v) is 3.74. The number of rotatable bonds is 5. The van der Waals surface area contributed by atoms with Crippen molar-refractivity contribution in [2.75, 3.05) is 36.5 Å². The molecule has 0 atom stereocenters. The standard InChI is InChI=1S/C15H23FN2O/c1-2-7-17-13-3-4-15(14(16)10-13)18-8-5-12(11-19)6-9-18/h3-4,10,12,17,19H,2,5-9,11H2,1H3. The highest BCUT2D eigenvalue weighted by Crippen LogP contribution is 2.27. The maximum Gasteiger partial charge on any atom is 0.148 e. The molecule has 1 aromatic carbocycles. The quantitative estimate of drug-likeness (QED) is 0.860. The summed E-state index contributed by atoms with van der Waals surface area (Å²) in [4.78, 5) is 2.07. The summed E-state index contributed by atoms with van der Waals surface area (Å²) in [6.45, 7) is 4.84. The first kappa shape index (κ1) is 14.1. The third-order valence-electron chi connectivity index (χ3n) is 3.74. The first-order valence-corrected chi connectivity index (χ1v) is 7.13. The Morgan fingerprint density at radius 1 is 1.37 bits per heavy atom. The van der Waals surface area contributed by atoms with E-state index in [0.717, 1.165) is 44.6 Å². The molecule has 0 spiro atoms. The molecule has 0 aromatic heterocycles. The van der Waals surface area contributed by atoms with E-state index in [1.807, 2.05) is 12.1 Å². The second-order valence-corrected chi connectivity index (χ2v) is 5.21. The van der Waals surface area contributed by atoms with Crippen LogP contribution in [0.1, 0.15) is 26.2 Å². The van der Waals surface area contributed by atoms with Gasteiger partial charge in [0.25, 0.3) is 0 Å². The van der Waals surface area contributed by atoms with Gasteiger partial charge in [0.2, 0.25) is 0 Å². The van der Waals surface area contributed by atoms with Crippen LogP contribution in [0.3, 0.4) is 0 Å². The fourth-order valence-corrected chi connectivity index (χ4v) is 2.50. The molecule has 0 amide bonds. The summed E-state index contributed by atoms with van der Waals surface area (Å²) in [5, 5.41) is 12.3. The van der Waals surface area contributed by atoms with Crippen molar-refractivity contribution in [1.29, 1.82) is 0 Å². The zero-order valence-electron chi connectivity index (χ0n) is 11.5. The van der Waals surface area contributed by atoms with E-state index in [1.54, 1.807) is 6.07 Å². The van der Waals surface area contributed by atoms with Gasteiger partial charge in [0.1, 0.15) is 5.82 Å². The Kier molecular flexibility index (Phi) is 5.02. The van der Waals surface area contributed by atoms with Gasteiger partial charge in [-0.25, -0.2) is 4.39 Å². The molecule has 1 heterocycles. The molecule has 4 heteroatoms. The second kappa shape index (κ2) is 6.75. The van der Waals surface area contributed by atoms with E-state index in [-0.39, 0.29) is 12.4 Å². The molecule has 1 fully saturated rings. The average molecular weight is 266 g/mol. The monoisotopic (exact) mass is 266 g/mol. The molecule has 0 saturated carbocycles. The van der Waals surface area contributed by atoms with E-state index in [4.69, 9.17) is 5.11 Å². The summed E-state index contributed by atoms with van der Waals surface area (Å²) in [6, 6.07) is 5.36. The van der Waals surface area contributed by atoms with E-state index in [2.05, 4.69) is 17.1 Å². The van der Waals surface area contributed by atoms with Crippen LogP contribution in [0.5, 0.6) is 0 Å². The van der Waals surface area contributed by atoms with Crippen LogP contribution in [0.2, 0.25) is 0 Å². The highest BCUT2D eigenvalue weighted by molar-refractivity contribution is 5.56. The van der Waals surface area contributed by atoms with Gasteiger partial charge in [-0.3, -0.25) is 0 Å². The van der Waals surface area contributed by atoms with Crippen LogP contribution in [0.15, 0.2) is 18.2 Å². The predicted molar refractivity (Wildman–Crippen MR) is 77.2 cm³/mol. The summed E-state index contributed by atoms with van der Waals surface area (Å²) in [5.74, 6) is 0.216. The van der Waals surface area contributed by atoms with Crippen molar-refractivity contribution in [3.05, 3.63) is 24.0 Å². The van der Waals surface area contributed by atoms with Crippen LogP contribution in [-0.4, -0.2) is 31.3 Å². The number of nitrogens with one attached hydrogen (secondary N) is 1. The molecule has 1 aliphatic rings. The molecule has 106 valence electrons. The Morgan fingerprint density at radius 2 is 2.11 bits per heavy atom. The maximum absolute atomic E-state index is 14.1. The lowest BCUT2D eigenvalue weighted by Gasteiger charge is -2.33. The normalized spacial score (nSPS) is 16.7. The maximum atomic E-state index is 14.1. The van der Waals surface area contributed by atoms with Gasteiger partial charge < -0.3 is 15.3 Å². The van der Waals surface area contributed by atoms with Gasteiger partial charge in [-0.15, -0.1) is 0 Å². The van der Waals surface area contributed by atoms with Crippen molar-refractivity contribution in [3.63, 3.8) is 0 Å². The third kappa shape index (κ3) is 3.60. The van der Waals surface area contributed by atoms with Crippen LogP contribution >= 0.6 is 0 Å². The van der Waals surface area contributed by atoms with Crippen LogP contribution in [0.4, 0.5) is 15.8 Å². The minimum atomic E-state index is -0.163. The van der Waals surface area contributed by atoms with Crippen LogP contribution in [0, 0.1) is 11.7 Å². The van der Waals surface area contributed by atoms with Gasteiger partial charge in [-0.2, -0.15) is 0 Å². The first-order chi connectivity index (χ1) is 9.24. The Balaban J connectivity index is 2.01. The van der Waals surface area contributed by atoms with E-state index in [1.165, 1.54) is 0 Å². The molecular weight excluding hydrogens is 243 g/mol. The highest BCUT2D eigenvalue weighted by Gasteiger charge is 2.20. The van der Waals surface area contributed by atoms with Crippen molar-refractivity contribution in [3.8, 4) is 0 Å². The molecular formula is C15H23FN2O. The number of piperidine rings is 1. The van der Waals surface area contributed by atoms with Gasteiger partial charge in [-0.05, 0) is 43.4 Å². The molecule has 1 saturated heterocycles. The summed E-state index contributed by atoms with van der Waals surface area (Å²) in [5.41, 5.74) is 1.52. The van der Waals surface area contributed by atoms with E-state index in [0.29, 0.717) is 11.6 Å². The SMILES string of the molecule is CCCNc1ccc(N2CCC(CO)CC2)c(F)c1. The lowest BCUT2D eigenvalue weighted by Crippen LogP contribution is -2.35. The highest BCUT2D eigenvalue weighted by atomic mass is 19.1. The van der Waals surface area contributed by atoms with Gasteiger partial charge in [0.15, 0.2) is 0 Å². The molecule has 3 nitrogen and oxygen atoms in total. The summed E-state index contributed by atoms with van der Waals surface area (Å²) >= 11 is 0. The first-order valence-electron chi connectivity index (χ1n) is 7.13. The zero-order chi connectivity index (χ0) is 13.7. The van der Waals surface area contributed by atoms with E-state index in [9.17, 15) is 4.39 Å². The van der Waals surface area contributed by atoms with Gasteiger partial charge >= 0.3 is 0 Å². The van der Waals surface area contributed by atoms with Gasteiger partial charge in [0, 0.05) is 31.9 Å². The van der Waals surface area contributed by atoms with Crippen LogP contribution in [0.25, 0.3) is 0 Å². The number of halogens is 1. The Hall–Kier alpha value is -1.29. The predicted octanol–water partition coefficient (Wildman–Crippen LogP) is 2.86. The van der Waals surface area contributed by atoms with Crippen LogP contribution in [-0.2, 0) is 0 Å². The topological polar surface area (TPSA) is 35.5 Å². The van der Waals surface area contributed by atoms with Crippen molar-refractivity contribution in [2.24, 2.45) is 5.92 Å². The zero-order valence-corrected chi connectivity index (χ0v) is 11.5. The number of benzene rings is 1. The Bertz CT molecular complexity index is 403. The molecule has 2 N–H and O–H groups in total. The number of nitrogens with zero attached hydrogens (tertiary/aromatic N) is 1. The van der Waals surface area contributed by atoms with Crippen molar-refractivity contribution in [1.82, 2.24) is 0 Å². The van der Waals surface area contributed by atoms with Crippen molar-refractivity contribution >= 4 is 11.4 Å². The molecule has 19 heavy (non-hydrogen) atoms. The smallest absolute Gasteiger partial charge is 0.148 e. The lowest BCUT2D eigenvalue weighted by molar-refractivity contribution is 0.203. The molecule has 0 unspecified atom stereocenters. The number of hydrogen-bond acceptors (Lipinski definition) is 3. The van der Waals surface area contributed by atoms with Crippen molar-refractivity contribution < 1.29 is 9.50 Å². The second-order valence-electron chi connectivity index (χ2n) is 5.21. The number of hydrogen-bond donors (Lipinski definition) is 2. The number of aliphatic hydroxyl groups is 1. The minimum Gasteiger partial charge on any atom is -0.396 e. The van der Waals surface area contributed by atoms with Crippen LogP contribution < -0.4 is 10.2 Å². The largest absolute Gasteiger partial charge is 0.396 e. The molecule has 0 aliphatic carbocycles. The van der Waals surface area contributed by atoms with E-state index >= 15 is 0 Å². The molecule has 0 bridgehead atoms. The fraction of sp³-hybridized carbons (Fsp3) is 0.600. The molecule has 1 aromatic rings. The minimum absolute atomic E-state index is 0.163. The molecule has 1 aliphatic heterocycles. The van der Waals surface area contributed by atoms with Gasteiger partial charge in [-0.1, -0.05) is 6.92 Å². The summed E-state index contributed by atoms with van der Waals surface area (Å²) in [7, 11) is 0. The average Bonchev–Trinajstić information content (AvgIpc) is 2.45. The Morgan fingerprint density at radius 3 is 2.68 bits per heavy atom. The van der Waals surface area contributed by atoms with Crippen molar-refractivity contribution in [2.45, 2.75) is 26.2 Å². The lowest BCUT2D eigenvalue weighted by atomic mass is 9.97. The fourth-order valence-electron chi connectivity index (χ4n) is 2.50. The van der Waals surface area contributed by atoms with E-state index < -0.39 is 0 Å². The molecule has 0 radical (unpaired) electrons. The molecule has 2 rings (SSSR count). The summed E-state index contributed by atoms with van der Waals surface area (Å²) < 4.78 is 14.1. The van der Waals surface area contributed by atoms with Gasteiger partial charge in [0.05, 0.1) is 5.69 Å². The number of anilines is 2. The summed E-state index contributed by atoms with van der Waals surface area (Å²) in [6.07, 6.45) is 2.90. The Labute approximate surface area is 114 Å².